The quantitative estimate of drug-likeness (QED) is 0.672. The molecule has 110 valence electrons. The Bertz CT molecular complexity index is 642. The number of halogens is 1. The first-order valence-electron chi connectivity index (χ1n) is 6.41. The molecule has 2 aromatic rings. The molecule has 0 saturated heterocycles. The molecule has 1 N–H and O–H groups in total. The Morgan fingerprint density at radius 2 is 1.86 bits per heavy atom. The molecular weight excluding hydrogens is 290 g/mol. The maximum absolute atomic E-state index is 10.8. The van der Waals surface area contributed by atoms with Crippen molar-refractivity contribution in [3.8, 4) is 0 Å². The molecule has 0 atom stereocenters. The number of nitro benzene ring substituents is 1. The van der Waals surface area contributed by atoms with E-state index in [1.54, 1.807) is 12.1 Å². The van der Waals surface area contributed by atoms with E-state index in [9.17, 15) is 10.1 Å². The van der Waals surface area contributed by atoms with Crippen molar-refractivity contribution >= 4 is 28.7 Å². The second-order valence-corrected chi connectivity index (χ2v) is 5.24. The standard InChI is InChI=1S/C15H16ClN3O2/c1-18(2)13-6-4-12(5-7-13)17-10-11-3-8-14(16)15(9-11)19(20)21/h3-9,17H,10H2,1-2H3. The third-order valence-electron chi connectivity index (χ3n) is 3.09. The largest absolute Gasteiger partial charge is 0.381 e. The summed E-state index contributed by atoms with van der Waals surface area (Å²) in [4.78, 5) is 12.4. The summed E-state index contributed by atoms with van der Waals surface area (Å²) in [6.45, 7) is 0.499. The molecule has 0 fully saturated rings. The molecule has 0 aliphatic carbocycles. The van der Waals surface area contributed by atoms with Crippen molar-refractivity contribution in [1.29, 1.82) is 0 Å². The number of nitro groups is 1. The molecule has 6 heteroatoms. The highest BCUT2D eigenvalue weighted by molar-refractivity contribution is 6.32. The summed E-state index contributed by atoms with van der Waals surface area (Å²) in [5, 5.41) is 14.2. The summed E-state index contributed by atoms with van der Waals surface area (Å²) in [6.07, 6.45) is 0. The molecule has 0 bridgehead atoms. The van der Waals surface area contributed by atoms with E-state index in [4.69, 9.17) is 11.6 Å². The first kappa shape index (κ1) is 15.1. The molecule has 2 aromatic carbocycles. The molecule has 0 spiro atoms. The van der Waals surface area contributed by atoms with Crippen molar-refractivity contribution in [2.24, 2.45) is 0 Å². The average molecular weight is 306 g/mol. The van der Waals surface area contributed by atoms with Crippen LogP contribution in [-0.4, -0.2) is 19.0 Å². The van der Waals surface area contributed by atoms with E-state index in [1.165, 1.54) is 6.07 Å². The summed E-state index contributed by atoms with van der Waals surface area (Å²) in [5.74, 6) is 0. The molecule has 0 amide bonds. The zero-order valence-corrected chi connectivity index (χ0v) is 12.6. The lowest BCUT2D eigenvalue weighted by molar-refractivity contribution is -0.384. The van der Waals surface area contributed by atoms with Gasteiger partial charge in [-0.3, -0.25) is 10.1 Å². The molecule has 0 unspecified atom stereocenters. The van der Waals surface area contributed by atoms with E-state index in [1.807, 2.05) is 43.3 Å². The lowest BCUT2D eigenvalue weighted by Gasteiger charge is -2.13. The van der Waals surface area contributed by atoms with Gasteiger partial charge in [0, 0.05) is 38.1 Å². The van der Waals surface area contributed by atoms with Gasteiger partial charge in [-0.1, -0.05) is 17.7 Å². The van der Waals surface area contributed by atoms with Crippen LogP contribution in [-0.2, 0) is 6.54 Å². The Kier molecular flexibility index (Phi) is 4.65. The molecule has 0 aromatic heterocycles. The number of anilines is 2. The van der Waals surface area contributed by atoms with Crippen LogP contribution >= 0.6 is 11.6 Å². The van der Waals surface area contributed by atoms with Crippen molar-refractivity contribution < 1.29 is 4.92 Å². The monoisotopic (exact) mass is 305 g/mol. The normalized spacial score (nSPS) is 10.2. The number of hydrogen-bond donors (Lipinski definition) is 1. The fourth-order valence-corrected chi connectivity index (χ4v) is 2.08. The minimum Gasteiger partial charge on any atom is -0.381 e. The maximum atomic E-state index is 10.8. The Balaban J connectivity index is 2.06. The Labute approximate surface area is 128 Å². The Morgan fingerprint density at radius 1 is 1.19 bits per heavy atom. The van der Waals surface area contributed by atoms with Crippen molar-refractivity contribution in [2.75, 3.05) is 24.3 Å². The third kappa shape index (κ3) is 3.86. The summed E-state index contributed by atoms with van der Waals surface area (Å²) >= 11 is 5.79. The number of nitrogens with zero attached hydrogens (tertiary/aromatic N) is 2. The molecule has 21 heavy (non-hydrogen) atoms. The van der Waals surface area contributed by atoms with Gasteiger partial charge < -0.3 is 10.2 Å². The SMILES string of the molecule is CN(C)c1ccc(NCc2ccc(Cl)c([N+](=O)[O-])c2)cc1. The zero-order valence-electron chi connectivity index (χ0n) is 11.8. The second kappa shape index (κ2) is 6.45. The van der Waals surface area contributed by atoms with Gasteiger partial charge >= 0.3 is 0 Å². The van der Waals surface area contributed by atoms with Crippen LogP contribution in [0.4, 0.5) is 17.1 Å². The molecule has 0 aliphatic rings. The van der Waals surface area contributed by atoms with Crippen LogP contribution in [0.5, 0.6) is 0 Å². The van der Waals surface area contributed by atoms with Crippen LogP contribution in [0.1, 0.15) is 5.56 Å². The summed E-state index contributed by atoms with van der Waals surface area (Å²) < 4.78 is 0. The number of nitrogens with one attached hydrogen (secondary N) is 1. The summed E-state index contributed by atoms with van der Waals surface area (Å²) in [7, 11) is 3.96. The molecule has 0 aliphatic heterocycles. The molecule has 2 rings (SSSR count). The maximum Gasteiger partial charge on any atom is 0.288 e. The molecular formula is C15H16ClN3O2. The van der Waals surface area contributed by atoms with E-state index in [0.29, 0.717) is 6.54 Å². The van der Waals surface area contributed by atoms with Crippen LogP contribution in [0.25, 0.3) is 0 Å². The van der Waals surface area contributed by atoms with E-state index >= 15 is 0 Å². The predicted molar refractivity (Wildman–Crippen MR) is 86.2 cm³/mol. The van der Waals surface area contributed by atoms with Crippen molar-refractivity contribution in [3.63, 3.8) is 0 Å². The number of rotatable bonds is 5. The summed E-state index contributed by atoms with van der Waals surface area (Å²) in [5.41, 5.74) is 2.81. The fraction of sp³-hybridized carbons (Fsp3) is 0.200. The van der Waals surface area contributed by atoms with Gasteiger partial charge in [0.1, 0.15) is 5.02 Å². The van der Waals surface area contributed by atoms with E-state index in [0.717, 1.165) is 16.9 Å². The number of benzene rings is 2. The highest BCUT2D eigenvalue weighted by Crippen LogP contribution is 2.25. The zero-order chi connectivity index (χ0) is 15.4. The molecule has 0 radical (unpaired) electrons. The van der Waals surface area contributed by atoms with E-state index < -0.39 is 4.92 Å². The van der Waals surface area contributed by atoms with Gasteiger partial charge in [0.25, 0.3) is 5.69 Å². The highest BCUT2D eigenvalue weighted by atomic mass is 35.5. The van der Waals surface area contributed by atoms with Gasteiger partial charge in [-0.25, -0.2) is 0 Å². The Morgan fingerprint density at radius 3 is 2.43 bits per heavy atom. The van der Waals surface area contributed by atoms with Crippen molar-refractivity contribution in [3.05, 3.63) is 63.2 Å². The summed E-state index contributed by atoms with van der Waals surface area (Å²) in [6, 6.07) is 12.8. The minimum absolute atomic E-state index is 0.0704. The van der Waals surface area contributed by atoms with Gasteiger partial charge in [-0.15, -0.1) is 0 Å². The molecule has 5 nitrogen and oxygen atoms in total. The topological polar surface area (TPSA) is 58.4 Å². The van der Waals surface area contributed by atoms with E-state index in [2.05, 4.69) is 5.32 Å². The van der Waals surface area contributed by atoms with E-state index in [-0.39, 0.29) is 10.7 Å². The Hall–Kier alpha value is -2.27. The number of hydrogen-bond acceptors (Lipinski definition) is 4. The molecule has 0 saturated carbocycles. The van der Waals surface area contributed by atoms with Crippen LogP contribution in [0.15, 0.2) is 42.5 Å². The van der Waals surface area contributed by atoms with Gasteiger partial charge in [0.2, 0.25) is 0 Å². The van der Waals surface area contributed by atoms with Crippen LogP contribution < -0.4 is 10.2 Å². The minimum atomic E-state index is -0.474. The third-order valence-corrected chi connectivity index (χ3v) is 3.41. The first-order valence-corrected chi connectivity index (χ1v) is 6.79. The van der Waals surface area contributed by atoms with Gasteiger partial charge in [-0.05, 0) is 35.9 Å². The van der Waals surface area contributed by atoms with Crippen LogP contribution in [0.2, 0.25) is 5.02 Å². The fourth-order valence-electron chi connectivity index (χ4n) is 1.89. The first-order chi connectivity index (χ1) is 9.97. The van der Waals surface area contributed by atoms with Gasteiger partial charge in [-0.2, -0.15) is 0 Å². The lowest BCUT2D eigenvalue weighted by atomic mass is 10.2. The van der Waals surface area contributed by atoms with Crippen LogP contribution in [0.3, 0.4) is 0 Å². The van der Waals surface area contributed by atoms with Gasteiger partial charge in [0.05, 0.1) is 4.92 Å². The van der Waals surface area contributed by atoms with Crippen molar-refractivity contribution in [2.45, 2.75) is 6.54 Å². The highest BCUT2D eigenvalue weighted by Gasteiger charge is 2.12. The second-order valence-electron chi connectivity index (χ2n) is 4.84. The average Bonchev–Trinajstić information content (AvgIpc) is 2.46. The predicted octanol–water partition coefficient (Wildman–Crippen LogP) is 3.93. The lowest BCUT2D eigenvalue weighted by Crippen LogP contribution is -2.08. The van der Waals surface area contributed by atoms with Crippen LogP contribution in [0, 0.1) is 10.1 Å². The van der Waals surface area contributed by atoms with Gasteiger partial charge in [0.15, 0.2) is 0 Å². The smallest absolute Gasteiger partial charge is 0.288 e. The molecule has 0 heterocycles. The van der Waals surface area contributed by atoms with Crippen molar-refractivity contribution in [1.82, 2.24) is 0 Å².